The van der Waals surface area contributed by atoms with Crippen LogP contribution < -0.4 is 0 Å². The molecular formula is C30H32N2O2. The molecule has 4 nitrogen and oxygen atoms in total. The molecule has 0 saturated heterocycles. The highest BCUT2D eigenvalue weighted by molar-refractivity contribution is 5.53. The molecule has 0 atom stereocenters. The third kappa shape index (κ3) is 8.83. The van der Waals surface area contributed by atoms with Crippen LogP contribution in [0.4, 0.5) is 0 Å². The maximum atomic E-state index is 5.67. The molecule has 34 heavy (non-hydrogen) atoms. The van der Waals surface area contributed by atoms with Gasteiger partial charge in [-0.3, -0.25) is 0 Å². The van der Waals surface area contributed by atoms with Crippen molar-refractivity contribution in [3.8, 4) is 23.7 Å². The predicted octanol–water partition coefficient (Wildman–Crippen LogP) is 5.91. The molecule has 0 N–H and O–H groups in total. The van der Waals surface area contributed by atoms with Gasteiger partial charge in [0, 0.05) is 24.3 Å². The Labute approximate surface area is 203 Å². The first-order valence-corrected chi connectivity index (χ1v) is 12.0. The molecule has 1 aromatic carbocycles. The molecule has 0 amide bonds. The first-order chi connectivity index (χ1) is 16.8. The van der Waals surface area contributed by atoms with Crippen LogP contribution >= 0.6 is 0 Å². The van der Waals surface area contributed by atoms with Gasteiger partial charge in [0.25, 0.3) is 0 Å². The molecule has 0 bridgehead atoms. The van der Waals surface area contributed by atoms with E-state index in [0.717, 1.165) is 72.8 Å². The van der Waals surface area contributed by atoms with Crippen molar-refractivity contribution >= 4 is 0 Å². The SMILES string of the molecule is CCCCOCc1cccc(C#Cc2ccccc2C#Cc2cccc(COCCCC)n2)n1. The third-order valence-corrected chi connectivity index (χ3v) is 4.98. The van der Waals surface area contributed by atoms with E-state index < -0.39 is 0 Å². The molecule has 0 aliphatic carbocycles. The number of pyridine rings is 2. The summed E-state index contributed by atoms with van der Waals surface area (Å²) in [6.07, 6.45) is 4.36. The van der Waals surface area contributed by atoms with Crippen LogP contribution in [-0.2, 0) is 22.7 Å². The Balaban J connectivity index is 1.70. The van der Waals surface area contributed by atoms with Crippen molar-refractivity contribution in [1.29, 1.82) is 0 Å². The largest absolute Gasteiger partial charge is 0.375 e. The summed E-state index contributed by atoms with van der Waals surface area (Å²) in [5.74, 6) is 12.8. The summed E-state index contributed by atoms with van der Waals surface area (Å²) in [4.78, 5) is 9.20. The summed E-state index contributed by atoms with van der Waals surface area (Å²) in [6, 6.07) is 19.6. The molecule has 0 radical (unpaired) electrons. The first-order valence-electron chi connectivity index (χ1n) is 12.0. The molecule has 0 spiro atoms. The van der Waals surface area contributed by atoms with Crippen LogP contribution in [0.5, 0.6) is 0 Å². The predicted molar refractivity (Wildman–Crippen MR) is 136 cm³/mol. The Morgan fingerprint density at radius 2 is 1.06 bits per heavy atom. The Morgan fingerprint density at radius 3 is 1.50 bits per heavy atom. The Morgan fingerprint density at radius 1 is 0.588 bits per heavy atom. The van der Waals surface area contributed by atoms with Crippen molar-refractivity contribution in [1.82, 2.24) is 9.97 Å². The van der Waals surface area contributed by atoms with Gasteiger partial charge in [-0.2, -0.15) is 0 Å². The minimum absolute atomic E-state index is 0.507. The van der Waals surface area contributed by atoms with E-state index in [2.05, 4.69) is 47.5 Å². The van der Waals surface area contributed by atoms with E-state index in [0.29, 0.717) is 13.2 Å². The Bertz CT molecular complexity index is 1070. The minimum atomic E-state index is 0.507. The highest BCUT2D eigenvalue weighted by atomic mass is 16.5. The molecule has 0 fully saturated rings. The van der Waals surface area contributed by atoms with Crippen molar-refractivity contribution in [3.05, 3.63) is 94.6 Å². The van der Waals surface area contributed by atoms with Gasteiger partial charge in [0.05, 0.1) is 24.6 Å². The van der Waals surface area contributed by atoms with Gasteiger partial charge in [0.1, 0.15) is 11.4 Å². The second kappa shape index (κ2) is 14.7. The van der Waals surface area contributed by atoms with Gasteiger partial charge < -0.3 is 9.47 Å². The number of aromatic nitrogens is 2. The van der Waals surface area contributed by atoms with Crippen LogP contribution in [0.25, 0.3) is 0 Å². The number of rotatable bonds is 10. The number of hydrogen-bond acceptors (Lipinski definition) is 4. The van der Waals surface area contributed by atoms with E-state index in [1.165, 1.54) is 0 Å². The fraction of sp³-hybridized carbons (Fsp3) is 0.333. The zero-order chi connectivity index (χ0) is 23.8. The zero-order valence-electron chi connectivity index (χ0n) is 20.1. The van der Waals surface area contributed by atoms with Crippen molar-refractivity contribution in [2.75, 3.05) is 13.2 Å². The summed E-state index contributed by atoms with van der Waals surface area (Å²) >= 11 is 0. The summed E-state index contributed by atoms with van der Waals surface area (Å²) in [7, 11) is 0. The fourth-order valence-electron chi connectivity index (χ4n) is 3.07. The molecule has 0 saturated carbocycles. The van der Waals surface area contributed by atoms with Gasteiger partial charge in [-0.1, -0.05) is 62.8 Å². The number of benzene rings is 1. The van der Waals surface area contributed by atoms with Crippen molar-refractivity contribution < 1.29 is 9.47 Å². The van der Waals surface area contributed by atoms with E-state index in [4.69, 9.17) is 9.47 Å². The summed E-state index contributed by atoms with van der Waals surface area (Å²) in [5, 5.41) is 0. The number of hydrogen-bond donors (Lipinski definition) is 0. The van der Waals surface area contributed by atoms with Crippen LogP contribution in [0.3, 0.4) is 0 Å². The van der Waals surface area contributed by atoms with E-state index >= 15 is 0 Å². The molecule has 2 heterocycles. The highest BCUT2D eigenvalue weighted by Crippen LogP contribution is 2.08. The van der Waals surface area contributed by atoms with Gasteiger partial charge in [-0.05, 0) is 61.1 Å². The van der Waals surface area contributed by atoms with Gasteiger partial charge in [0.2, 0.25) is 0 Å². The second-order valence-corrected chi connectivity index (χ2v) is 7.89. The molecule has 3 rings (SSSR count). The van der Waals surface area contributed by atoms with Gasteiger partial charge in [-0.15, -0.1) is 0 Å². The quantitative estimate of drug-likeness (QED) is 0.283. The smallest absolute Gasteiger partial charge is 0.113 e. The van der Waals surface area contributed by atoms with Crippen molar-refractivity contribution in [2.24, 2.45) is 0 Å². The lowest BCUT2D eigenvalue weighted by atomic mass is 10.1. The average molecular weight is 453 g/mol. The second-order valence-electron chi connectivity index (χ2n) is 7.89. The van der Waals surface area contributed by atoms with Gasteiger partial charge >= 0.3 is 0 Å². The standard InChI is InChI=1S/C30H32N2O2/c1-3-5-21-33-23-29-15-9-13-27(31-29)19-17-25-11-7-8-12-26(25)18-20-28-14-10-16-30(32-28)24-34-22-6-4-2/h7-16H,3-6,21-24H2,1-2H3. The number of nitrogens with zero attached hydrogens (tertiary/aromatic N) is 2. The molecule has 0 aliphatic rings. The lowest BCUT2D eigenvalue weighted by Gasteiger charge is -2.03. The van der Waals surface area contributed by atoms with Crippen molar-refractivity contribution in [2.45, 2.75) is 52.7 Å². The van der Waals surface area contributed by atoms with E-state index in [1.54, 1.807) is 0 Å². The lowest BCUT2D eigenvalue weighted by molar-refractivity contribution is 0.115. The van der Waals surface area contributed by atoms with Crippen LogP contribution in [0.15, 0.2) is 60.7 Å². The topological polar surface area (TPSA) is 44.2 Å². The summed E-state index contributed by atoms with van der Waals surface area (Å²) < 4.78 is 11.3. The molecule has 174 valence electrons. The monoisotopic (exact) mass is 452 g/mol. The summed E-state index contributed by atoms with van der Waals surface area (Å²) in [5.41, 5.74) is 4.94. The van der Waals surface area contributed by atoms with E-state index in [-0.39, 0.29) is 0 Å². The van der Waals surface area contributed by atoms with Gasteiger partial charge in [0.15, 0.2) is 0 Å². The lowest BCUT2D eigenvalue weighted by Crippen LogP contribution is -1.98. The maximum Gasteiger partial charge on any atom is 0.113 e. The number of unbranched alkanes of at least 4 members (excludes halogenated alkanes) is 2. The van der Waals surface area contributed by atoms with E-state index in [9.17, 15) is 0 Å². The van der Waals surface area contributed by atoms with Crippen LogP contribution in [0.1, 0.15) is 73.4 Å². The molecular weight excluding hydrogens is 420 g/mol. The molecule has 0 unspecified atom stereocenters. The Kier molecular flexibility index (Phi) is 10.9. The third-order valence-electron chi connectivity index (χ3n) is 4.98. The maximum absolute atomic E-state index is 5.67. The summed E-state index contributed by atoms with van der Waals surface area (Å²) in [6.45, 7) is 6.82. The highest BCUT2D eigenvalue weighted by Gasteiger charge is 2.00. The molecule has 2 aromatic heterocycles. The van der Waals surface area contributed by atoms with E-state index in [1.807, 2.05) is 60.7 Å². The van der Waals surface area contributed by atoms with Gasteiger partial charge in [-0.25, -0.2) is 9.97 Å². The zero-order valence-corrected chi connectivity index (χ0v) is 20.1. The number of ether oxygens (including phenoxy) is 2. The average Bonchev–Trinajstić information content (AvgIpc) is 2.88. The molecule has 0 aliphatic heterocycles. The van der Waals surface area contributed by atoms with Crippen LogP contribution in [0.2, 0.25) is 0 Å². The normalized spacial score (nSPS) is 10.2. The van der Waals surface area contributed by atoms with Crippen LogP contribution in [0, 0.1) is 23.7 Å². The Hall–Kier alpha value is -3.44. The van der Waals surface area contributed by atoms with Crippen molar-refractivity contribution in [3.63, 3.8) is 0 Å². The minimum Gasteiger partial charge on any atom is -0.375 e. The molecule has 3 aromatic rings. The first kappa shape index (κ1) is 25.2. The van der Waals surface area contributed by atoms with Crippen LogP contribution in [-0.4, -0.2) is 23.2 Å². The fourth-order valence-corrected chi connectivity index (χ4v) is 3.07. The molecule has 4 heteroatoms.